The maximum absolute atomic E-state index is 13.7. The maximum Gasteiger partial charge on any atom is 0.309 e. The molecule has 0 aliphatic carbocycles. The number of nitrogens with one attached hydrogen (secondary N) is 1. The highest BCUT2D eigenvalue weighted by Gasteiger charge is 2.25. The molecule has 4 rings (SSSR count). The Balaban J connectivity index is 1.85. The van der Waals surface area contributed by atoms with Gasteiger partial charge in [-0.3, -0.25) is 9.59 Å². The number of esters is 1. The number of amides is 1. The fourth-order valence-electron chi connectivity index (χ4n) is 4.18. The van der Waals surface area contributed by atoms with E-state index in [0.29, 0.717) is 29.1 Å². The number of aromatic nitrogens is 2. The Morgan fingerprint density at radius 3 is 2.05 bits per heavy atom. The number of carbonyl (C=O) groups excluding carboxylic acids is 2. The number of anilines is 2. The average molecular weight is 529 g/mol. The molecule has 0 saturated heterocycles. The lowest BCUT2D eigenvalue weighted by Gasteiger charge is -2.17. The molecule has 0 aliphatic rings. The standard InChI is InChI=1S/C31H33FN4O3/c1-20(37)39-30-28(21-7-13-24(14-8-21)33-27(38)19-31(2,3)4)29(22-9-15-25(16-10-22)35(5)6)34-36(30)26-17-11-23(32)12-18-26/h7-18H,19H2,1-6H3,(H,33,38). The highest BCUT2D eigenvalue weighted by molar-refractivity contribution is 5.92. The molecule has 8 heteroatoms. The molecule has 1 N–H and O–H groups in total. The van der Waals surface area contributed by atoms with Crippen molar-refractivity contribution in [2.45, 2.75) is 34.1 Å². The highest BCUT2D eigenvalue weighted by atomic mass is 19.1. The Bertz CT molecular complexity index is 1470. The fourth-order valence-corrected chi connectivity index (χ4v) is 4.18. The minimum atomic E-state index is -0.514. The number of nitrogens with zero attached hydrogens (tertiary/aromatic N) is 3. The van der Waals surface area contributed by atoms with E-state index < -0.39 is 5.97 Å². The van der Waals surface area contributed by atoms with Crippen LogP contribution in [0.15, 0.2) is 72.8 Å². The van der Waals surface area contributed by atoms with E-state index >= 15 is 0 Å². The number of ether oxygens (including phenoxy) is 1. The van der Waals surface area contributed by atoms with Gasteiger partial charge in [-0.25, -0.2) is 4.39 Å². The van der Waals surface area contributed by atoms with Crippen molar-refractivity contribution in [2.75, 3.05) is 24.3 Å². The summed E-state index contributed by atoms with van der Waals surface area (Å²) >= 11 is 0. The topological polar surface area (TPSA) is 76.5 Å². The summed E-state index contributed by atoms with van der Waals surface area (Å²) in [7, 11) is 3.93. The van der Waals surface area contributed by atoms with Gasteiger partial charge in [0, 0.05) is 44.4 Å². The molecule has 0 atom stereocenters. The minimum Gasteiger partial charge on any atom is -0.407 e. The first-order valence-corrected chi connectivity index (χ1v) is 12.7. The number of carbonyl (C=O) groups is 2. The summed E-state index contributed by atoms with van der Waals surface area (Å²) in [4.78, 5) is 26.7. The van der Waals surface area contributed by atoms with E-state index in [1.54, 1.807) is 12.1 Å². The third-order valence-corrected chi connectivity index (χ3v) is 5.96. The summed E-state index contributed by atoms with van der Waals surface area (Å²) in [6.45, 7) is 7.36. The second-order valence-corrected chi connectivity index (χ2v) is 10.8. The third-order valence-electron chi connectivity index (χ3n) is 5.96. The van der Waals surface area contributed by atoms with Crippen LogP contribution in [0.5, 0.6) is 5.88 Å². The molecule has 0 fully saturated rings. The molecular weight excluding hydrogens is 495 g/mol. The molecular formula is C31H33FN4O3. The van der Waals surface area contributed by atoms with E-state index in [2.05, 4.69) is 5.32 Å². The second kappa shape index (κ2) is 11.1. The molecule has 7 nitrogen and oxygen atoms in total. The Kier molecular flexibility index (Phi) is 7.85. The van der Waals surface area contributed by atoms with E-state index in [1.807, 2.05) is 88.3 Å². The first-order chi connectivity index (χ1) is 18.4. The van der Waals surface area contributed by atoms with Gasteiger partial charge in [-0.1, -0.05) is 45.0 Å². The predicted octanol–water partition coefficient (Wildman–Crippen LogP) is 6.71. The van der Waals surface area contributed by atoms with Crippen LogP contribution in [-0.2, 0) is 9.59 Å². The van der Waals surface area contributed by atoms with E-state index in [1.165, 1.54) is 23.7 Å². The lowest BCUT2D eigenvalue weighted by Crippen LogP contribution is -2.19. The smallest absolute Gasteiger partial charge is 0.309 e. The van der Waals surface area contributed by atoms with Crippen LogP contribution in [0.3, 0.4) is 0 Å². The van der Waals surface area contributed by atoms with E-state index in [9.17, 15) is 14.0 Å². The fraction of sp³-hybridized carbons (Fsp3) is 0.258. The van der Waals surface area contributed by atoms with Gasteiger partial charge in [0.1, 0.15) is 11.5 Å². The monoisotopic (exact) mass is 528 g/mol. The lowest BCUT2D eigenvalue weighted by atomic mass is 9.92. The van der Waals surface area contributed by atoms with Crippen LogP contribution >= 0.6 is 0 Å². The van der Waals surface area contributed by atoms with Crippen molar-refractivity contribution >= 4 is 23.3 Å². The van der Waals surface area contributed by atoms with Crippen molar-refractivity contribution in [3.63, 3.8) is 0 Å². The maximum atomic E-state index is 13.7. The number of hydrogen-bond donors (Lipinski definition) is 1. The first kappa shape index (κ1) is 27.6. The summed E-state index contributed by atoms with van der Waals surface area (Å²) in [5.74, 6) is -0.754. The van der Waals surface area contributed by atoms with Gasteiger partial charge >= 0.3 is 5.97 Å². The molecule has 0 radical (unpaired) electrons. The van der Waals surface area contributed by atoms with Crippen LogP contribution in [0.25, 0.3) is 28.1 Å². The molecule has 0 unspecified atom stereocenters. The molecule has 0 aliphatic heterocycles. The van der Waals surface area contributed by atoms with Gasteiger partial charge in [0.05, 0.1) is 11.3 Å². The first-order valence-electron chi connectivity index (χ1n) is 12.7. The van der Waals surface area contributed by atoms with Crippen molar-refractivity contribution < 1.29 is 18.7 Å². The largest absolute Gasteiger partial charge is 0.407 e. The number of halogens is 1. The van der Waals surface area contributed by atoms with Gasteiger partial charge in [0.2, 0.25) is 11.8 Å². The molecule has 202 valence electrons. The van der Waals surface area contributed by atoms with Crippen molar-refractivity contribution in [1.82, 2.24) is 9.78 Å². The second-order valence-electron chi connectivity index (χ2n) is 10.8. The van der Waals surface area contributed by atoms with Gasteiger partial charge in [0.15, 0.2) is 0 Å². The van der Waals surface area contributed by atoms with Crippen LogP contribution < -0.4 is 15.0 Å². The molecule has 1 aromatic heterocycles. The Morgan fingerprint density at radius 1 is 0.923 bits per heavy atom. The predicted molar refractivity (Wildman–Crippen MR) is 153 cm³/mol. The SMILES string of the molecule is CC(=O)Oc1c(-c2ccc(NC(=O)CC(C)(C)C)cc2)c(-c2ccc(N(C)C)cc2)nn1-c1ccc(F)cc1. The minimum absolute atomic E-state index is 0.0679. The number of hydrogen-bond acceptors (Lipinski definition) is 5. The van der Waals surface area contributed by atoms with Crippen LogP contribution in [0.4, 0.5) is 15.8 Å². The van der Waals surface area contributed by atoms with E-state index in [0.717, 1.165) is 16.8 Å². The molecule has 0 saturated carbocycles. The van der Waals surface area contributed by atoms with E-state index in [4.69, 9.17) is 9.84 Å². The highest BCUT2D eigenvalue weighted by Crippen LogP contribution is 2.41. The van der Waals surface area contributed by atoms with Crippen LogP contribution in [0.2, 0.25) is 0 Å². The lowest BCUT2D eigenvalue weighted by molar-refractivity contribution is -0.132. The number of benzene rings is 3. The van der Waals surface area contributed by atoms with E-state index in [-0.39, 0.29) is 23.0 Å². The van der Waals surface area contributed by atoms with Crippen LogP contribution in [0, 0.1) is 11.2 Å². The summed E-state index contributed by atoms with van der Waals surface area (Å²) < 4.78 is 20.9. The van der Waals surface area contributed by atoms with Crippen LogP contribution in [0.1, 0.15) is 34.1 Å². The summed E-state index contributed by atoms with van der Waals surface area (Å²) in [5, 5.41) is 7.77. The third kappa shape index (κ3) is 6.71. The average Bonchev–Trinajstić information content (AvgIpc) is 3.22. The zero-order valence-electron chi connectivity index (χ0n) is 23.1. The molecule has 3 aromatic carbocycles. The van der Waals surface area contributed by atoms with Gasteiger partial charge in [-0.15, -0.1) is 0 Å². The summed E-state index contributed by atoms with van der Waals surface area (Å²) in [6.07, 6.45) is 0.392. The molecule has 0 bridgehead atoms. The summed E-state index contributed by atoms with van der Waals surface area (Å²) in [6, 6.07) is 21.0. The molecule has 1 amide bonds. The molecule has 39 heavy (non-hydrogen) atoms. The van der Waals surface area contributed by atoms with Gasteiger partial charge < -0.3 is 15.0 Å². The molecule has 0 spiro atoms. The van der Waals surface area contributed by atoms with Gasteiger partial charge in [0.25, 0.3) is 0 Å². The molecule has 1 heterocycles. The quantitative estimate of drug-likeness (QED) is 0.270. The van der Waals surface area contributed by atoms with Crippen molar-refractivity contribution in [3.05, 3.63) is 78.6 Å². The zero-order valence-corrected chi connectivity index (χ0v) is 23.1. The molecule has 4 aromatic rings. The Hall–Kier alpha value is -4.46. The van der Waals surface area contributed by atoms with Crippen molar-refractivity contribution in [3.8, 4) is 34.0 Å². The van der Waals surface area contributed by atoms with Gasteiger partial charge in [-0.05, 0) is 59.5 Å². The Labute approximate surface area is 228 Å². The van der Waals surface area contributed by atoms with Crippen molar-refractivity contribution in [1.29, 1.82) is 0 Å². The normalized spacial score (nSPS) is 11.3. The number of rotatable bonds is 7. The van der Waals surface area contributed by atoms with Crippen LogP contribution in [-0.4, -0.2) is 35.8 Å². The summed E-state index contributed by atoms with van der Waals surface area (Å²) in [5.41, 5.74) is 4.82. The Morgan fingerprint density at radius 2 is 1.51 bits per heavy atom. The zero-order chi connectivity index (χ0) is 28.3. The van der Waals surface area contributed by atoms with Crippen molar-refractivity contribution in [2.24, 2.45) is 5.41 Å². The van der Waals surface area contributed by atoms with Gasteiger partial charge in [-0.2, -0.15) is 9.78 Å².